The second-order valence-electron chi connectivity index (χ2n) is 4.39. The van der Waals surface area contributed by atoms with Gasteiger partial charge in [-0.25, -0.2) is 4.79 Å². The van der Waals surface area contributed by atoms with Gasteiger partial charge in [-0.1, -0.05) is 11.8 Å². The van der Waals surface area contributed by atoms with Gasteiger partial charge < -0.3 is 15.8 Å². The minimum Gasteiger partial charge on any atom is -0.383 e. The van der Waals surface area contributed by atoms with Gasteiger partial charge in [-0.3, -0.25) is 14.7 Å². The molecule has 0 aliphatic heterocycles. The summed E-state index contributed by atoms with van der Waals surface area (Å²) in [5.74, 6) is -0.0836. The molecule has 21 heavy (non-hydrogen) atoms. The molecule has 0 radical (unpaired) electrons. The molecule has 1 aromatic heterocycles. The highest BCUT2D eigenvalue weighted by Gasteiger charge is 2.15. The Bertz CT molecular complexity index is 490. The monoisotopic (exact) mass is 316 g/mol. The molecule has 0 bridgehead atoms. The number of hydrogen-bond acceptors (Lipinski definition) is 7. The molecule has 1 heterocycles. The number of nitrogens with one attached hydrogen (secondary N) is 2. The van der Waals surface area contributed by atoms with Crippen molar-refractivity contribution in [2.24, 2.45) is 0 Å². The average molecular weight is 316 g/mol. The maximum Gasteiger partial charge on any atom is 0.321 e. The van der Waals surface area contributed by atoms with E-state index < -0.39 is 11.9 Å². The minimum atomic E-state index is -0.553. The number of ether oxygens (including phenoxy) is 1. The molecule has 0 unspecified atom stereocenters. The summed E-state index contributed by atoms with van der Waals surface area (Å²) in [6.07, 6.45) is 0. The zero-order valence-electron chi connectivity index (χ0n) is 12.3. The van der Waals surface area contributed by atoms with Crippen molar-refractivity contribution in [2.45, 2.75) is 25.0 Å². The second kappa shape index (κ2) is 8.47. The van der Waals surface area contributed by atoms with Crippen molar-refractivity contribution in [1.82, 2.24) is 25.4 Å². The van der Waals surface area contributed by atoms with Crippen LogP contribution in [0.3, 0.4) is 0 Å². The Morgan fingerprint density at radius 1 is 1.43 bits per heavy atom. The minimum absolute atomic E-state index is 0.0442. The van der Waals surface area contributed by atoms with Crippen LogP contribution >= 0.6 is 11.8 Å². The van der Waals surface area contributed by atoms with E-state index in [1.54, 1.807) is 4.57 Å². The van der Waals surface area contributed by atoms with E-state index in [1.807, 2.05) is 13.8 Å². The Kier molecular flexibility index (Phi) is 6.96. The normalized spacial score (nSPS) is 10.7. The molecule has 0 saturated heterocycles. The molecule has 1 aromatic rings. The quantitative estimate of drug-likeness (QED) is 0.478. The lowest BCUT2D eigenvalue weighted by atomic mass is 10.4. The maximum atomic E-state index is 11.6. The SMILES string of the molecule is COCCNC(=O)NC(=O)CSc1nnc(N)n1C(C)C. The van der Waals surface area contributed by atoms with Crippen molar-refractivity contribution in [3.8, 4) is 0 Å². The highest BCUT2D eigenvalue weighted by atomic mass is 32.2. The molecule has 9 nitrogen and oxygen atoms in total. The lowest BCUT2D eigenvalue weighted by Crippen LogP contribution is -2.41. The van der Waals surface area contributed by atoms with E-state index >= 15 is 0 Å². The fourth-order valence-corrected chi connectivity index (χ4v) is 2.35. The van der Waals surface area contributed by atoms with Gasteiger partial charge in [0.1, 0.15) is 0 Å². The number of urea groups is 1. The van der Waals surface area contributed by atoms with Crippen molar-refractivity contribution in [1.29, 1.82) is 0 Å². The maximum absolute atomic E-state index is 11.6. The summed E-state index contributed by atoms with van der Waals surface area (Å²) in [5, 5.41) is 12.9. The third-order valence-corrected chi connectivity index (χ3v) is 3.33. The van der Waals surface area contributed by atoms with Crippen LogP contribution in [0.15, 0.2) is 5.16 Å². The van der Waals surface area contributed by atoms with E-state index in [2.05, 4.69) is 20.8 Å². The lowest BCUT2D eigenvalue weighted by Gasteiger charge is -2.11. The van der Waals surface area contributed by atoms with Crippen LogP contribution in [0.1, 0.15) is 19.9 Å². The third-order valence-electron chi connectivity index (χ3n) is 2.38. The van der Waals surface area contributed by atoms with E-state index in [-0.39, 0.29) is 11.8 Å². The van der Waals surface area contributed by atoms with E-state index in [0.717, 1.165) is 0 Å². The van der Waals surface area contributed by atoms with Crippen LogP contribution in [-0.4, -0.2) is 52.7 Å². The number of carbonyl (C=O) groups excluding carboxylic acids is 2. The number of nitrogens with zero attached hydrogens (tertiary/aromatic N) is 3. The number of anilines is 1. The van der Waals surface area contributed by atoms with Crippen LogP contribution in [-0.2, 0) is 9.53 Å². The zero-order valence-corrected chi connectivity index (χ0v) is 13.1. The Balaban J connectivity index is 2.41. The van der Waals surface area contributed by atoms with Crippen molar-refractivity contribution < 1.29 is 14.3 Å². The van der Waals surface area contributed by atoms with Crippen LogP contribution in [0.4, 0.5) is 10.7 Å². The van der Waals surface area contributed by atoms with Crippen LogP contribution in [0.2, 0.25) is 0 Å². The first-order valence-electron chi connectivity index (χ1n) is 6.35. The van der Waals surface area contributed by atoms with Gasteiger partial charge >= 0.3 is 6.03 Å². The summed E-state index contributed by atoms with van der Waals surface area (Å²) in [4.78, 5) is 23.0. The van der Waals surface area contributed by atoms with Crippen LogP contribution in [0.5, 0.6) is 0 Å². The summed E-state index contributed by atoms with van der Waals surface area (Å²) >= 11 is 1.17. The average Bonchev–Trinajstić information content (AvgIpc) is 2.78. The summed E-state index contributed by atoms with van der Waals surface area (Å²) in [6, 6.07) is -0.467. The number of methoxy groups -OCH3 is 1. The molecule has 0 aromatic carbocycles. The number of imide groups is 1. The molecule has 0 saturated carbocycles. The van der Waals surface area contributed by atoms with Gasteiger partial charge in [0.05, 0.1) is 12.4 Å². The molecule has 0 aliphatic carbocycles. The van der Waals surface area contributed by atoms with Crippen molar-refractivity contribution in [3.05, 3.63) is 0 Å². The summed E-state index contributed by atoms with van der Waals surface area (Å²) in [7, 11) is 1.53. The number of rotatable bonds is 7. The number of carbonyl (C=O) groups is 2. The number of thioether (sulfide) groups is 1. The van der Waals surface area contributed by atoms with Crippen LogP contribution in [0.25, 0.3) is 0 Å². The predicted octanol–water partition coefficient (Wildman–Crippen LogP) is 0.00550. The Hall–Kier alpha value is -1.81. The van der Waals surface area contributed by atoms with E-state index in [0.29, 0.717) is 24.3 Å². The molecule has 10 heteroatoms. The van der Waals surface area contributed by atoms with E-state index in [9.17, 15) is 9.59 Å². The molecule has 0 spiro atoms. The second-order valence-corrected chi connectivity index (χ2v) is 5.33. The number of aromatic nitrogens is 3. The molecule has 3 amide bonds. The molecule has 0 aliphatic rings. The van der Waals surface area contributed by atoms with E-state index in [4.69, 9.17) is 10.5 Å². The largest absolute Gasteiger partial charge is 0.383 e. The van der Waals surface area contributed by atoms with Gasteiger partial charge in [0, 0.05) is 19.7 Å². The van der Waals surface area contributed by atoms with Crippen LogP contribution < -0.4 is 16.4 Å². The Morgan fingerprint density at radius 2 is 2.14 bits per heavy atom. The van der Waals surface area contributed by atoms with Crippen molar-refractivity contribution >= 4 is 29.6 Å². The number of nitrogens with two attached hydrogens (primary N) is 1. The molecular formula is C11H20N6O3S. The zero-order chi connectivity index (χ0) is 15.8. The van der Waals surface area contributed by atoms with Crippen molar-refractivity contribution in [3.63, 3.8) is 0 Å². The lowest BCUT2D eigenvalue weighted by molar-refractivity contribution is -0.117. The van der Waals surface area contributed by atoms with Gasteiger partial charge in [-0.15, -0.1) is 10.2 Å². The Morgan fingerprint density at radius 3 is 2.76 bits per heavy atom. The molecule has 0 atom stereocenters. The Labute approximate surface area is 127 Å². The first kappa shape index (κ1) is 17.2. The fraction of sp³-hybridized carbons (Fsp3) is 0.636. The number of amides is 3. The standard InChI is InChI=1S/C11H20N6O3S/c1-7(2)17-9(12)15-16-11(17)21-6-8(18)14-10(19)13-4-5-20-3/h7H,4-6H2,1-3H3,(H2,12,15)(H2,13,14,18,19). The molecular weight excluding hydrogens is 296 g/mol. The third kappa shape index (κ3) is 5.60. The topological polar surface area (TPSA) is 124 Å². The van der Waals surface area contributed by atoms with Gasteiger partial charge in [0.25, 0.3) is 0 Å². The highest BCUT2D eigenvalue weighted by molar-refractivity contribution is 7.99. The van der Waals surface area contributed by atoms with E-state index in [1.165, 1.54) is 18.9 Å². The first-order valence-corrected chi connectivity index (χ1v) is 7.34. The van der Waals surface area contributed by atoms with Crippen molar-refractivity contribution in [2.75, 3.05) is 31.7 Å². The number of hydrogen-bond donors (Lipinski definition) is 3. The summed E-state index contributed by atoms with van der Waals surface area (Å²) in [6.45, 7) is 4.59. The summed E-state index contributed by atoms with van der Waals surface area (Å²) in [5.41, 5.74) is 5.70. The van der Waals surface area contributed by atoms with Gasteiger partial charge in [0.15, 0.2) is 5.16 Å². The molecule has 1 rings (SSSR count). The van der Waals surface area contributed by atoms with Gasteiger partial charge in [-0.2, -0.15) is 0 Å². The smallest absolute Gasteiger partial charge is 0.321 e. The molecule has 0 fully saturated rings. The highest BCUT2D eigenvalue weighted by Crippen LogP contribution is 2.22. The number of nitrogen functional groups attached to an aromatic ring is 1. The molecule has 118 valence electrons. The fourth-order valence-electron chi connectivity index (χ4n) is 1.48. The van der Waals surface area contributed by atoms with Gasteiger partial charge in [-0.05, 0) is 13.8 Å². The van der Waals surface area contributed by atoms with Crippen LogP contribution in [0, 0.1) is 0 Å². The van der Waals surface area contributed by atoms with Gasteiger partial charge in [0.2, 0.25) is 11.9 Å². The summed E-state index contributed by atoms with van der Waals surface area (Å²) < 4.78 is 6.50. The predicted molar refractivity (Wildman–Crippen MR) is 79.0 cm³/mol. The first-order chi connectivity index (χ1) is 9.95. The molecule has 4 N–H and O–H groups in total.